The number of hydrogen-bond acceptors (Lipinski definition) is 11. The van der Waals surface area contributed by atoms with Crippen LogP contribution in [-0.4, -0.2) is 103 Å². The van der Waals surface area contributed by atoms with Gasteiger partial charge in [-0.25, -0.2) is 0 Å². The lowest BCUT2D eigenvalue weighted by atomic mass is 9.83. The van der Waals surface area contributed by atoms with Gasteiger partial charge in [0.25, 0.3) is 11.8 Å². The molecule has 2 aromatic carbocycles. The summed E-state index contributed by atoms with van der Waals surface area (Å²) in [6.45, 7) is 2.37. The Balaban J connectivity index is 0.768. The predicted molar refractivity (Wildman–Crippen MR) is 195 cm³/mol. The SMILES string of the molecule is O=C(CCCOc1ccc(CC(=O)Nc2cc(C3CCC3)[nH]n2)cc1)NCCOCCOCCNc1cccc2c1C(=O)N(C1CCC(=O)NC1=O)C2=O. The number of rotatable bonds is 20. The quantitative estimate of drug-likeness (QED) is 0.0839. The van der Waals surface area contributed by atoms with Crippen LogP contribution in [0.15, 0.2) is 48.5 Å². The number of amides is 6. The Morgan fingerprint density at radius 3 is 2.39 bits per heavy atom. The van der Waals surface area contributed by atoms with Crippen LogP contribution in [0.1, 0.15) is 82.8 Å². The van der Waals surface area contributed by atoms with Crippen LogP contribution in [0.3, 0.4) is 0 Å². The Hall–Kier alpha value is -5.61. The van der Waals surface area contributed by atoms with Crippen molar-refractivity contribution in [1.29, 1.82) is 0 Å². The van der Waals surface area contributed by atoms with Crippen molar-refractivity contribution in [2.75, 3.05) is 56.8 Å². The van der Waals surface area contributed by atoms with E-state index < -0.39 is 29.7 Å². The van der Waals surface area contributed by atoms with E-state index in [-0.39, 0.29) is 42.2 Å². The Morgan fingerprint density at radius 1 is 0.870 bits per heavy atom. The first kappa shape index (κ1) is 38.1. The molecule has 0 bridgehead atoms. The van der Waals surface area contributed by atoms with Gasteiger partial charge in [0.2, 0.25) is 23.6 Å². The maximum Gasteiger partial charge on any atom is 0.264 e. The van der Waals surface area contributed by atoms with Crippen LogP contribution in [0.25, 0.3) is 0 Å². The summed E-state index contributed by atoms with van der Waals surface area (Å²) in [5.74, 6) is -0.726. The third-order valence-corrected chi connectivity index (χ3v) is 9.49. The zero-order valence-corrected chi connectivity index (χ0v) is 29.9. The number of imide groups is 2. The highest BCUT2D eigenvalue weighted by atomic mass is 16.5. The Morgan fingerprint density at radius 2 is 1.65 bits per heavy atom. The number of aromatic nitrogens is 2. The fourth-order valence-electron chi connectivity index (χ4n) is 6.42. The van der Waals surface area contributed by atoms with Gasteiger partial charge >= 0.3 is 0 Å². The number of carbonyl (C=O) groups is 6. The predicted octanol–water partition coefficient (Wildman–Crippen LogP) is 2.68. The molecule has 1 unspecified atom stereocenters. The van der Waals surface area contributed by atoms with Crippen molar-refractivity contribution in [1.82, 2.24) is 25.7 Å². The summed E-state index contributed by atoms with van der Waals surface area (Å²) in [7, 11) is 0. The topological polar surface area (TPSA) is 210 Å². The molecule has 1 saturated heterocycles. The molecule has 6 amide bonds. The molecule has 1 aliphatic carbocycles. The molecular formula is C38H45N7O9. The number of H-pyrrole nitrogens is 1. The molecule has 3 heterocycles. The number of fused-ring (bicyclic) bond motifs is 1. The minimum Gasteiger partial charge on any atom is -0.494 e. The van der Waals surface area contributed by atoms with E-state index in [1.54, 1.807) is 18.2 Å². The fourth-order valence-corrected chi connectivity index (χ4v) is 6.42. The maximum absolute atomic E-state index is 13.2. The second kappa shape index (κ2) is 18.4. The summed E-state index contributed by atoms with van der Waals surface area (Å²) in [5.41, 5.74) is 2.78. The first-order chi connectivity index (χ1) is 26.3. The molecule has 16 nitrogen and oxygen atoms in total. The first-order valence-electron chi connectivity index (χ1n) is 18.3. The smallest absolute Gasteiger partial charge is 0.264 e. The summed E-state index contributed by atoms with van der Waals surface area (Å²) < 4.78 is 16.9. The molecule has 1 aromatic heterocycles. The molecule has 2 aliphatic heterocycles. The highest BCUT2D eigenvalue weighted by Crippen LogP contribution is 2.36. The second-order valence-corrected chi connectivity index (χ2v) is 13.3. The lowest BCUT2D eigenvalue weighted by molar-refractivity contribution is -0.136. The van der Waals surface area contributed by atoms with Crippen molar-refractivity contribution in [3.8, 4) is 5.75 Å². The van der Waals surface area contributed by atoms with Gasteiger partial charge in [0, 0.05) is 49.3 Å². The van der Waals surface area contributed by atoms with Crippen LogP contribution < -0.4 is 26.0 Å². The number of nitrogens with one attached hydrogen (secondary N) is 5. The van der Waals surface area contributed by atoms with Gasteiger partial charge in [0.15, 0.2) is 5.82 Å². The maximum atomic E-state index is 13.2. The van der Waals surface area contributed by atoms with Gasteiger partial charge in [-0.1, -0.05) is 24.6 Å². The largest absolute Gasteiger partial charge is 0.494 e. The zero-order valence-electron chi connectivity index (χ0n) is 29.9. The summed E-state index contributed by atoms with van der Waals surface area (Å²) in [6, 6.07) is 13.1. The number of benzene rings is 2. The number of nitrogens with zero attached hydrogens (tertiary/aromatic N) is 2. The summed E-state index contributed by atoms with van der Waals surface area (Å²) >= 11 is 0. The van der Waals surface area contributed by atoms with Crippen molar-refractivity contribution in [2.24, 2.45) is 0 Å². The van der Waals surface area contributed by atoms with Crippen LogP contribution in [0.4, 0.5) is 11.5 Å². The Kier molecular flexibility index (Phi) is 13.0. The molecule has 2 fully saturated rings. The van der Waals surface area contributed by atoms with E-state index in [1.165, 1.54) is 6.42 Å². The van der Waals surface area contributed by atoms with E-state index in [4.69, 9.17) is 14.2 Å². The van der Waals surface area contributed by atoms with E-state index in [0.717, 1.165) is 29.0 Å². The normalized spacial score (nSPS) is 16.8. The van der Waals surface area contributed by atoms with Crippen molar-refractivity contribution in [2.45, 2.75) is 63.3 Å². The van der Waals surface area contributed by atoms with Crippen LogP contribution in [0.5, 0.6) is 5.75 Å². The molecule has 16 heteroatoms. The molecule has 3 aromatic rings. The van der Waals surface area contributed by atoms with Gasteiger partial charge in [0.05, 0.1) is 50.6 Å². The van der Waals surface area contributed by atoms with E-state index in [1.807, 2.05) is 30.3 Å². The number of piperidine rings is 1. The van der Waals surface area contributed by atoms with Crippen LogP contribution in [-0.2, 0) is 35.1 Å². The molecule has 1 saturated carbocycles. The molecule has 286 valence electrons. The van der Waals surface area contributed by atoms with Crippen molar-refractivity contribution in [3.05, 3.63) is 70.9 Å². The Labute approximate surface area is 312 Å². The molecule has 3 aliphatic rings. The molecular weight excluding hydrogens is 698 g/mol. The van der Waals surface area contributed by atoms with Gasteiger partial charge in [-0.15, -0.1) is 0 Å². The van der Waals surface area contributed by atoms with Gasteiger partial charge in [0.1, 0.15) is 11.8 Å². The summed E-state index contributed by atoms with van der Waals surface area (Å²) in [6.07, 6.45) is 4.77. The van der Waals surface area contributed by atoms with E-state index in [9.17, 15) is 28.8 Å². The average molecular weight is 744 g/mol. The van der Waals surface area contributed by atoms with Crippen molar-refractivity contribution < 1.29 is 43.0 Å². The average Bonchev–Trinajstić information content (AvgIpc) is 3.68. The summed E-state index contributed by atoms with van der Waals surface area (Å²) in [5, 5.41) is 18.2. The van der Waals surface area contributed by atoms with E-state index in [0.29, 0.717) is 82.1 Å². The number of hydrogen-bond donors (Lipinski definition) is 5. The molecule has 5 N–H and O–H groups in total. The fraction of sp³-hybridized carbons (Fsp3) is 0.447. The van der Waals surface area contributed by atoms with E-state index in [2.05, 4.69) is 31.5 Å². The minimum atomic E-state index is -1.02. The molecule has 1 atom stereocenters. The number of carbonyl (C=O) groups excluding carboxylic acids is 6. The minimum absolute atomic E-state index is 0.0548. The van der Waals surface area contributed by atoms with Crippen molar-refractivity contribution in [3.63, 3.8) is 0 Å². The second-order valence-electron chi connectivity index (χ2n) is 13.3. The highest BCUT2D eigenvalue weighted by molar-refractivity contribution is 6.25. The zero-order chi connectivity index (χ0) is 37.9. The van der Waals surface area contributed by atoms with E-state index >= 15 is 0 Å². The highest BCUT2D eigenvalue weighted by Gasteiger charge is 2.45. The molecule has 0 spiro atoms. The molecule has 54 heavy (non-hydrogen) atoms. The monoisotopic (exact) mass is 743 g/mol. The first-order valence-corrected chi connectivity index (χ1v) is 18.3. The van der Waals surface area contributed by atoms with Gasteiger partial charge in [-0.3, -0.25) is 44.1 Å². The van der Waals surface area contributed by atoms with Crippen LogP contribution in [0, 0.1) is 0 Å². The lowest BCUT2D eigenvalue weighted by Crippen LogP contribution is -2.54. The number of ether oxygens (including phenoxy) is 3. The number of aromatic amines is 1. The standard InChI is InChI=1S/C38H45N7O9/c46-32(8-3-17-54-26-11-9-24(10-12-26)22-34(48)41-31-23-29(43-44-31)25-4-1-5-25)40-16-19-53-21-20-52-18-15-39-28-7-2-6-27-35(28)38(51)45(37(27)50)30-13-14-33(47)42-36(30)49/h2,6-7,9-12,23,25,30,39H,1,3-5,8,13-22H2,(H,40,46)(H,42,47,49)(H2,41,43,44,48). The summed E-state index contributed by atoms with van der Waals surface area (Å²) in [4.78, 5) is 75.5. The van der Waals surface area contributed by atoms with Gasteiger partial charge < -0.3 is 30.2 Å². The third kappa shape index (κ3) is 9.87. The molecule has 6 rings (SSSR count). The van der Waals surface area contributed by atoms with Crippen molar-refractivity contribution >= 4 is 46.9 Å². The van der Waals surface area contributed by atoms with Crippen LogP contribution >= 0.6 is 0 Å². The Bertz CT molecular complexity index is 1840. The number of anilines is 2. The van der Waals surface area contributed by atoms with Gasteiger partial charge in [-0.2, -0.15) is 5.10 Å². The lowest BCUT2D eigenvalue weighted by Gasteiger charge is -2.27. The van der Waals surface area contributed by atoms with Crippen LogP contribution in [0.2, 0.25) is 0 Å². The van der Waals surface area contributed by atoms with Gasteiger partial charge in [-0.05, 0) is 55.5 Å². The third-order valence-electron chi connectivity index (χ3n) is 9.49. The molecule has 0 radical (unpaired) electrons.